The predicted octanol–water partition coefficient (Wildman–Crippen LogP) is 4.84. The first-order chi connectivity index (χ1) is 15.8. The van der Waals surface area contributed by atoms with Gasteiger partial charge in [0.2, 0.25) is 9.84 Å². The van der Waals surface area contributed by atoms with Crippen LogP contribution in [0.25, 0.3) is 22.2 Å². The SMILES string of the molecule is Cc1ccc(S(=O)(=O)c2c(N)n(/N=C\c3ccc(Cl)cc3)c3nc4ccccc4nc23)cc1. The molecule has 5 rings (SSSR count). The molecular weight excluding hydrogens is 458 g/mol. The molecule has 33 heavy (non-hydrogen) atoms. The van der Waals surface area contributed by atoms with E-state index in [4.69, 9.17) is 17.3 Å². The first-order valence-electron chi connectivity index (χ1n) is 10.0. The number of hydrogen-bond acceptors (Lipinski definition) is 6. The highest BCUT2D eigenvalue weighted by atomic mass is 35.5. The summed E-state index contributed by atoms with van der Waals surface area (Å²) in [5.74, 6) is -0.0638. The molecule has 0 atom stereocenters. The van der Waals surface area contributed by atoms with Crippen LogP contribution in [-0.2, 0) is 9.84 Å². The van der Waals surface area contributed by atoms with Crippen LogP contribution in [0.2, 0.25) is 5.02 Å². The fourth-order valence-corrected chi connectivity index (χ4v) is 5.12. The van der Waals surface area contributed by atoms with Crippen LogP contribution in [0, 0.1) is 6.92 Å². The Hall–Kier alpha value is -3.75. The van der Waals surface area contributed by atoms with Gasteiger partial charge in [-0.05, 0) is 48.9 Å². The van der Waals surface area contributed by atoms with Crippen LogP contribution in [-0.4, -0.2) is 29.3 Å². The Morgan fingerprint density at radius 2 is 1.58 bits per heavy atom. The van der Waals surface area contributed by atoms with E-state index in [1.807, 2.05) is 19.1 Å². The molecule has 0 aliphatic heterocycles. The first-order valence-corrected chi connectivity index (χ1v) is 11.9. The number of rotatable bonds is 4. The second-order valence-corrected chi connectivity index (χ2v) is 9.85. The number of nitrogens with two attached hydrogens (primary N) is 1. The summed E-state index contributed by atoms with van der Waals surface area (Å²) < 4.78 is 28.5. The van der Waals surface area contributed by atoms with E-state index in [2.05, 4.69) is 15.1 Å². The van der Waals surface area contributed by atoms with E-state index in [-0.39, 0.29) is 26.8 Å². The lowest BCUT2D eigenvalue weighted by Crippen LogP contribution is -2.06. The maximum absolute atomic E-state index is 13.6. The van der Waals surface area contributed by atoms with Crippen LogP contribution < -0.4 is 5.73 Å². The number of fused-ring (bicyclic) bond motifs is 2. The van der Waals surface area contributed by atoms with Gasteiger partial charge in [-0.25, -0.2) is 18.4 Å². The summed E-state index contributed by atoms with van der Waals surface area (Å²) in [6.07, 6.45) is 1.56. The van der Waals surface area contributed by atoms with Gasteiger partial charge in [0.25, 0.3) is 0 Å². The molecule has 0 saturated heterocycles. The minimum atomic E-state index is -3.99. The van der Waals surface area contributed by atoms with Crippen LogP contribution in [0.1, 0.15) is 11.1 Å². The highest BCUT2D eigenvalue weighted by Crippen LogP contribution is 2.35. The fraction of sp³-hybridized carbons (Fsp3) is 0.0417. The van der Waals surface area contributed by atoms with Gasteiger partial charge in [0.05, 0.1) is 22.1 Å². The zero-order chi connectivity index (χ0) is 23.2. The van der Waals surface area contributed by atoms with Gasteiger partial charge in [0, 0.05) is 5.02 Å². The molecule has 2 aromatic heterocycles. The first kappa shape index (κ1) is 21.1. The lowest BCUT2D eigenvalue weighted by molar-refractivity contribution is 0.597. The Balaban J connectivity index is 1.78. The summed E-state index contributed by atoms with van der Waals surface area (Å²) in [7, 11) is -3.99. The van der Waals surface area contributed by atoms with Gasteiger partial charge in [-0.1, -0.05) is 53.6 Å². The van der Waals surface area contributed by atoms with Crippen molar-refractivity contribution in [3.8, 4) is 0 Å². The third-order valence-electron chi connectivity index (χ3n) is 5.22. The number of aryl methyl sites for hydroxylation is 1. The molecule has 2 heterocycles. The van der Waals surface area contributed by atoms with Crippen molar-refractivity contribution in [2.45, 2.75) is 16.7 Å². The van der Waals surface area contributed by atoms with Crippen LogP contribution in [0.4, 0.5) is 5.82 Å². The lowest BCUT2D eigenvalue weighted by atomic mass is 10.2. The van der Waals surface area contributed by atoms with Crippen molar-refractivity contribution in [2.24, 2.45) is 5.10 Å². The number of nitrogens with zero attached hydrogens (tertiary/aromatic N) is 4. The highest BCUT2D eigenvalue weighted by molar-refractivity contribution is 7.92. The Morgan fingerprint density at radius 1 is 0.939 bits per heavy atom. The summed E-state index contributed by atoms with van der Waals surface area (Å²) in [6.45, 7) is 1.89. The summed E-state index contributed by atoms with van der Waals surface area (Å²) in [5.41, 5.74) is 9.68. The van der Waals surface area contributed by atoms with Crippen molar-refractivity contribution >= 4 is 55.7 Å². The molecule has 0 unspecified atom stereocenters. The van der Waals surface area contributed by atoms with Crippen molar-refractivity contribution in [3.63, 3.8) is 0 Å². The molecule has 0 spiro atoms. The number of nitrogen functional groups attached to an aromatic ring is 1. The van der Waals surface area contributed by atoms with Gasteiger partial charge in [-0.3, -0.25) is 0 Å². The second-order valence-electron chi connectivity index (χ2n) is 7.52. The topological polar surface area (TPSA) is 103 Å². The number of hydrogen-bond donors (Lipinski definition) is 1. The van der Waals surface area contributed by atoms with Crippen molar-refractivity contribution in [1.82, 2.24) is 14.6 Å². The molecule has 0 saturated carbocycles. The highest BCUT2D eigenvalue weighted by Gasteiger charge is 2.30. The molecule has 164 valence electrons. The average molecular weight is 476 g/mol. The molecule has 2 N–H and O–H groups in total. The summed E-state index contributed by atoms with van der Waals surface area (Å²) in [6, 6.07) is 20.9. The molecule has 0 aliphatic carbocycles. The molecule has 9 heteroatoms. The van der Waals surface area contributed by atoms with Crippen LogP contribution in [0.15, 0.2) is 87.7 Å². The molecule has 0 aliphatic rings. The van der Waals surface area contributed by atoms with Crippen molar-refractivity contribution in [1.29, 1.82) is 0 Å². The van der Waals surface area contributed by atoms with Crippen LogP contribution in [0.5, 0.6) is 0 Å². The molecule has 3 aromatic carbocycles. The number of anilines is 1. The second kappa shape index (κ2) is 7.99. The molecular formula is C24H18ClN5O2S. The van der Waals surface area contributed by atoms with E-state index in [0.717, 1.165) is 11.1 Å². The maximum atomic E-state index is 13.6. The summed E-state index contributed by atoms with van der Waals surface area (Å²) in [4.78, 5) is 9.23. The van der Waals surface area contributed by atoms with Crippen LogP contribution >= 0.6 is 11.6 Å². The third kappa shape index (κ3) is 3.73. The van der Waals surface area contributed by atoms with Gasteiger partial charge in [0.1, 0.15) is 16.2 Å². The zero-order valence-corrected chi connectivity index (χ0v) is 19.0. The zero-order valence-electron chi connectivity index (χ0n) is 17.5. The maximum Gasteiger partial charge on any atom is 0.212 e. The molecule has 5 aromatic rings. The Morgan fingerprint density at radius 3 is 2.24 bits per heavy atom. The number of benzene rings is 3. The van der Waals surface area contributed by atoms with Gasteiger partial charge < -0.3 is 5.73 Å². The van der Waals surface area contributed by atoms with E-state index in [1.54, 1.807) is 66.9 Å². The third-order valence-corrected chi connectivity index (χ3v) is 7.31. The van der Waals surface area contributed by atoms with E-state index < -0.39 is 9.84 Å². The van der Waals surface area contributed by atoms with E-state index in [1.165, 1.54) is 4.68 Å². The molecule has 0 amide bonds. The smallest absolute Gasteiger partial charge is 0.212 e. The molecule has 7 nitrogen and oxygen atoms in total. The number of para-hydroxylation sites is 2. The standard InChI is InChI=1S/C24H18ClN5O2S/c1-15-6-12-18(13-7-15)33(31,32)22-21-24(29-20-5-3-2-4-19(20)28-21)30(23(22)26)27-14-16-8-10-17(25)11-9-16/h2-14H,26H2,1H3/b27-14-. The van der Waals surface area contributed by atoms with Crippen molar-refractivity contribution < 1.29 is 8.42 Å². The van der Waals surface area contributed by atoms with Gasteiger partial charge in [0.15, 0.2) is 5.65 Å². The van der Waals surface area contributed by atoms with Crippen molar-refractivity contribution in [2.75, 3.05) is 5.73 Å². The molecule has 0 radical (unpaired) electrons. The minimum absolute atomic E-state index is 0.0638. The fourth-order valence-electron chi connectivity index (χ4n) is 3.51. The van der Waals surface area contributed by atoms with E-state index in [0.29, 0.717) is 16.1 Å². The quantitative estimate of drug-likeness (QED) is 0.374. The molecule has 0 bridgehead atoms. The largest absolute Gasteiger partial charge is 0.382 e. The van der Waals surface area contributed by atoms with E-state index in [9.17, 15) is 8.42 Å². The Labute approximate surface area is 195 Å². The van der Waals surface area contributed by atoms with E-state index >= 15 is 0 Å². The average Bonchev–Trinajstić information content (AvgIpc) is 3.08. The van der Waals surface area contributed by atoms with Gasteiger partial charge >= 0.3 is 0 Å². The summed E-state index contributed by atoms with van der Waals surface area (Å²) in [5, 5.41) is 5.04. The van der Waals surface area contributed by atoms with Crippen molar-refractivity contribution in [3.05, 3.63) is 88.9 Å². The number of sulfone groups is 1. The minimum Gasteiger partial charge on any atom is -0.382 e. The van der Waals surface area contributed by atoms with Gasteiger partial charge in [-0.2, -0.15) is 9.78 Å². The lowest BCUT2D eigenvalue weighted by Gasteiger charge is -2.05. The number of aromatic nitrogens is 3. The Kier molecular flexibility index (Phi) is 5.11. The summed E-state index contributed by atoms with van der Waals surface area (Å²) >= 11 is 5.95. The number of halogens is 1. The monoisotopic (exact) mass is 475 g/mol. The Bertz CT molecular complexity index is 1640. The van der Waals surface area contributed by atoms with Gasteiger partial charge in [-0.15, -0.1) is 0 Å². The normalized spacial score (nSPS) is 12.2. The van der Waals surface area contributed by atoms with Crippen LogP contribution in [0.3, 0.4) is 0 Å². The molecule has 0 fully saturated rings. The predicted molar refractivity (Wildman–Crippen MR) is 131 cm³/mol.